The first kappa shape index (κ1) is 14.2. The van der Waals surface area contributed by atoms with Gasteiger partial charge in [-0.15, -0.1) is 4.91 Å². The van der Waals surface area contributed by atoms with Crippen molar-refractivity contribution in [2.75, 3.05) is 0 Å². The Bertz CT molecular complexity index is 832. The van der Waals surface area contributed by atoms with E-state index in [4.69, 9.17) is 16.3 Å². The van der Waals surface area contributed by atoms with Gasteiger partial charge in [-0.05, 0) is 36.4 Å². The molecule has 0 fully saturated rings. The maximum Gasteiger partial charge on any atom is 0.250 e. The van der Waals surface area contributed by atoms with Crippen LogP contribution >= 0.6 is 11.6 Å². The van der Waals surface area contributed by atoms with Crippen LogP contribution in [0.5, 0.6) is 11.8 Å². The number of hydrogen-bond donors (Lipinski definition) is 0. The second kappa shape index (κ2) is 5.95. The molecule has 0 N–H and O–H groups in total. The highest BCUT2D eigenvalue weighted by atomic mass is 35.5. The van der Waals surface area contributed by atoms with E-state index in [1.807, 2.05) is 25.1 Å². The third-order valence-electron chi connectivity index (χ3n) is 2.93. The van der Waals surface area contributed by atoms with E-state index in [0.29, 0.717) is 16.6 Å². The highest BCUT2D eigenvalue weighted by Gasteiger charge is 2.15. The maximum absolute atomic E-state index is 10.8. The molecule has 0 atom stereocenters. The van der Waals surface area contributed by atoms with E-state index in [9.17, 15) is 4.91 Å². The Morgan fingerprint density at radius 1 is 1.23 bits per heavy atom. The van der Waals surface area contributed by atoms with Crippen molar-refractivity contribution < 1.29 is 4.74 Å². The van der Waals surface area contributed by atoms with Crippen LogP contribution in [0.3, 0.4) is 0 Å². The van der Waals surface area contributed by atoms with E-state index >= 15 is 0 Å². The molecule has 0 radical (unpaired) electrons. The summed E-state index contributed by atoms with van der Waals surface area (Å²) in [5, 5.41) is 7.80. The average molecular weight is 315 g/mol. The lowest BCUT2D eigenvalue weighted by molar-refractivity contribution is 0.429. The molecule has 7 heteroatoms. The van der Waals surface area contributed by atoms with Gasteiger partial charge in [0.25, 0.3) is 5.88 Å². The molecule has 2 aromatic heterocycles. The second-order valence-corrected chi connectivity index (χ2v) is 4.92. The van der Waals surface area contributed by atoms with E-state index in [1.165, 1.54) is 12.3 Å². The lowest BCUT2D eigenvalue weighted by Crippen LogP contribution is -2.01. The largest absolute Gasteiger partial charge is 0.418 e. The van der Waals surface area contributed by atoms with Crippen molar-refractivity contribution >= 4 is 17.3 Å². The zero-order valence-electron chi connectivity index (χ0n) is 11.6. The van der Waals surface area contributed by atoms with Crippen LogP contribution in [-0.2, 0) is 0 Å². The molecule has 0 bridgehead atoms. The summed E-state index contributed by atoms with van der Waals surface area (Å²) < 4.78 is 7.26. The molecule has 22 heavy (non-hydrogen) atoms. The van der Waals surface area contributed by atoms with Gasteiger partial charge < -0.3 is 4.74 Å². The van der Waals surface area contributed by atoms with Gasteiger partial charge >= 0.3 is 0 Å². The fourth-order valence-corrected chi connectivity index (χ4v) is 2.19. The number of halogens is 1. The maximum atomic E-state index is 10.8. The van der Waals surface area contributed by atoms with E-state index in [1.54, 1.807) is 22.9 Å². The molecule has 0 aliphatic carbocycles. The summed E-state index contributed by atoms with van der Waals surface area (Å²) in [7, 11) is 0. The quantitative estimate of drug-likeness (QED) is 0.668. The van der Waals surface area contributed by atoms with Gasteiger partial charge in [-0.3, -0.25) is 0 Å². The van der Waals surface area contributed by atoms with Crippen molar-refractivity contribution in [1.82, 2.24) is 14.8 Å². The molecule has 3 rings (SSSR count). The predicted molar refractivity (Wildman–Crippen MR) is 83.1 cm³/mol. The van der Waals surface area contributed by atoms with Crippen LogP contribution in [0.25, 0.3) is 5.69 Å². The van der Waals surface area contributed by atoms with Crippen LogP contribution in [0, 0.1) is 11.8 Å². The van der Waals surface area contributed by atoms with Gasteiger partial charge in [-0.2, -0.15) is 9.78 Å². The second-order valence-electron chi connectivity index (χ2n) is 4.51. The van der Waals surface area contributed by atoms with Crippen molar-refractivity contribution in [3.63, 3.8) is 0 Å². The van der Waals surface area contributed by atoms with Crippen molar-refractivity contribution in [3.8, 4) is 17.4 Å². The molecule has 2 heterocycles. The van der Waals surface area contributed by atoms with Gasteiger partial charge in [0.15, 0.2) is 5.69 Å². The zero-order chi connectivity index (χ0) is 15.5. The molecular weight excluding hydrogens is 304 g/mol. The average Bonchev–Trinajstić information content (AvgIpc) is 2.89. The van der Waals surface area contributed by atoms with Gasteiger partial charge in [0, 0.05) is 12.3 Å². The smallest absolute Gasteiger partial charge is 0.250 e. The summed E-state index contributed by atoms with van der Waals surface area (Å²) in [5.74, 6) is 0.514. The van der Waals surface area contributed by atoms with Gasteiger partial charge in [0.2, 0.25) is 5.88 Å². The minimum atomic E-state index is 0.116. The number of rotatable bonds is 4. The molecule has 0 saturated heterocycles. The first-order chi connectivity index (χ1) is 10.7. The third kappa shape index (κ3) is 2.68. The van der Waals surface area contributed by atoms with Crippen LogP contribution in [0.2, 0.25) is 5.02 Å². The monoisotopic (exact) mass is 314 g/mol. The topological polar surface area (TPSA) is 69.4 Å². The molecule has 0 aliphatic rings. The molecule has 3 aromatic rings. The molecule has 1 aromatic carbocycles. The molecule has 6 nitrogen and oxygen atoms in total. The summed E-state index contributed by atoms with van der Waals surface area (Å²) in [4.78, 5) is 14.8. The van der Waals surface area contributed by atoms with Crippen molar-refractivity contribution in [3.05, 3.63) is 64.3 Å². The Morgan fingerprint density at radius 3 is 2.82 bits per heavy atom. The van der Waals surface area contributed by atoms with Gasteiger partial charge in [-0.1, -0.05) is 23.7 Å². The molecule has 0 amide bonds. The molecular formula is C15H11ClN4O2. The highest BCUT2D eigenvalue weighted by molar-refractivity contribution is 6.32. The van der Waals surface area contributed by atoms with Crippen LogP contribution < -0.4 is 4.74 Å². The third-order valence-corrected chi connectivity index (χ3v) is 3.25. The molecule has 0 unspecified atom stereocenters. The summed E-state index contributed by atoms with van der Waals surface area (Å²) in [6.07, 6.45) is 1.52. The lowest BCUT2D eigenvalue weighted by Gasteiger charge is -2.09. The number of nitroso groups, excluding NO2 is 1. The Hall–Kier alpha value is -2.73. The number of nitrogens with zero attached hydrogens (tertiary/aromatic N) is 4. The minimum Gasteiger partial charge on any atom is -0.418 e. The van der Waals surface area contributed by atoms with E-state index in [-0.39, 0.29) is 11.6 Å². The SMILES string of the molecule is Cc1cc(Oc2ncccc2N=O)n(-c2ccccc2Cl)n1. The molecule has 0 aliphatic heterocycles. The Kier molecular flexibility index (Phi) is 3.84. The highest BCUT2D eigenvalue weighted by Crippen LogP contribution is 2.32. The van der Waals surface area contributed by atoms with Gasteiger partial charge in [0.1, 0.15) is 0 Å². The lowest BCUT2D eigenvalue weighted by atomic mass is 10.3. The van der Waals surface area contributed by atoms with Crippen LogP contribution in [0.15, 0.2) is 53.8 Å². The zero-order valence-corrected chi connectivity index (χ0v) is 12.4. The fourth-order valence-electron chi connectivity index (χ4n) is 1.97. The summed E-state index contributed by atoms with van der Waals surface area (Å²) in [6.45, 7) is 1.83. The molecule has 0 spiro atoms. The van der Waals surface area contributed by atoms with Crippen LogP contribution in [-0.4, -0.2) is 14.8 Å². The van der Waals surface area contributed by atoms with Crippen LogP contribution in [0.4, 0.5) is 5.69 Å². The van der Waals surface area contributed by atoms with Crippen molar-refractivity contribution in [2.24, 2.45) is 5.18 Å². The summed E-state index contributed by atoms with van der Waals surface area (Å²) >= 11 is 6.20. The Labute approximate surface area is 131 Å². The first-order valence-electron chi connectivity index (χ1n) is 6.47. The molecule has 0 saturated carbocycles. The standard InChI is InChI=1S/C15H11ClN4O2/c1-10-9-14(22-15-12(19-21)6-4-8-17-15)20(18-10)13-7-3-2-5-11(13)16/h2-9H,1H3. The minimum absolute atomic E-state index is 0.116. The van der Waals surface area contributed by atoms with Crippen LogP contribution in [0.1, 0.15) is 5.69 Å². The predicted octanol–water partition coefficient (Wildman–Crippen LogP) is 4.42. The van der Waals surface area contributed by atoms with Crippen molar-refractivity contribution in [1.29, 1.82) is 0 Å². The number of benzene rings is 1. The number of aryl methyl sites for hydroxylation is 1. The normalized spacial score (nSPS) is 10.5. The van der Waals surface area contributed by atoms with E-state index < -0.39 is 0 Å². The number of para-hydroxylation sites is 1. The number of hydrogen-bond acceptors (Lipinski definition) is 5. The van der Waals surface area contributed by atoms with E-state index in [0.717, 1.165) is 5.69 Å². The number of pyridine rings is 1. The summed E-state index contributed by atoms with van der Waals surface area (Å²) in [5.41, 5.74) is 1.53. The number of ether oxygens (including phenoxy) is 1. The van der Waals surface area contributed by atoms with E-state index in [2.05, 4.69) is 15.3 Å². The first-order valence-corrected chi connectivity index (χ1v) is 6.84. The molecule has 110 valence electrons. The Morgan fingerprint density at radius 2 is 2.05 bits per heavy atom. The Balaban J connectivity index is 2.06. The number of aromatic nitrogens is 3. The van der Waals surface area contributed by atoms with Gasteiger partial charge in [-0.25, -0.2) is 4.98 Å². The summed E-state index contributed by atoms with van der Waals surface area (Å²) in [6, 6.07) is 12.1. The van der Waals surface area contributed by atoms with Gasteiger partial charge in [0.05, 0.1) is 16.4 Å². The fraction of sp³-hybridized carbons (Fsp3) is 0.0667. The van der Waals surface area contributed by atoms with Crippen molar-refractivity contribution in [2.45, 2.75) is 6.92 Å².